The van der Waals surface area contributed by atoms with E-state index in [-0.39, 0.29) is 19.0 Å². The van der Waals surface area contributed by atoms with Crippen LogP contribution in [0.4, 0.5) is 0 Å². The Hall–Kier alpha value is -4.89. The molecule has 2 aliphatic rings. The van der Waals surface area contributed by atoms with Crippen LogP contribution >= 0.6 is 11.3 Å². The molecule has 0 saturated carbocycles. The summed E-state index contributed by atoms with van der Waals surface area (Å²) < 4.78 is 18.6. The number of carbonyl (C=O) groups excluding carboxylic acids is 1. The van der Waals surface area contributed by atoms with Crippen molar-refractivity contribution in [1.82, 2.24) is 9.55 Å². The number of ether oxygens (including phenoxy) is 3. The second kappa shape index (κ2) is 9.94. The van der Waals surface area contributed by atoms with Crippen molar-refractivity contribution in [2.75, 3.05) is 13.4 Å². The van der Waals surface area contributed by atoms with Crippen molar-refractivity contribution in [3.05, 3.63) is 115 Å². The third-order valence-corrected chi connectivity index (χ3v) is 8.30. The molecule has 2 aromatic heterocycles. The molecule has 0 unspecified atom stereocenters. The molecule has 0 spiro atoms. The van der Waals surface area contributed by atoms with Crippen LogP contribution in [0.5, 0.6) is 11.5 Å². The van der Waals surface area contributed by atoms with E-state index in [2.05, 4.69) is 4.98 Å². The first kappa shape index (κ1) is 25.1. The van der Waals surface area contributed by atoms with Gasteiger partial charge in [0.15, 0.2) is 16.3 Å². The van der Waals surface area contributed by atoms with Crippen molar-refractivity contribution in [3.63, 3.8) is 0 Å². The zero-order chi connectivity index (χ0) is 28.1. The topological polar surface area (TPSA) is 94.9 Å². The summed E-state index contributed by atoms with van der Waals surface area (Å²) in [5.74, 6) is 0.676. The monoisotopic (exact) mass is 563 g/mol. The maximum atomic E-state index is 14.2. The van der Waals surface area contributed by atoms with Gasteiger partial charge >= 0.3 is 5.97 Å². The number of rotatable bonds is 5. The molecule has 4 heterocycles. The van der Waals surface area contributed by atoms with Crippen LogP contribution in [0.1, 0.15) is 31.0 Å². The Labute approximate surface area is 238 Å². The maximum absolute atomic E-state index is 14.2. The predicted octanol–water partition coefficient (Wildman–Crippen LogP) is 4.68. The lowest BCUT2D eigenvalue weighted by atomic mass is 9.95. The number of aromatic amines is 1. The maximum Gasteiger partial charge on any atom is 0.338 e. The molecule has 5 aromatic rings. The molecule has 3 aromatic carbocycles. The van der Waals surface area contributed by atoms with Crippen LogP contribution in [0.3, 0.4) is 0 Å². The average molecular weight is 564 g/mol. The highest BCUT2D eigenvalue weighted by atomic mass is 32.1. The summed E-state index contributed by atoms with van der Waals surface area (Å²) in [4.78, 5) is 36.2. The summed E-state index contributed by atoms with van der Waals surface area (Å²) in [5.41, 5.74) is 5.13. The van der Waals surface area contributed by atoms with Gasteiger partial charge in [0.25, 0.3) is 5.56 Å². The number of hydrogen-bond acceptors (Lipinski definition) is 7. The number of aromatic nitrogens is 2. The van der Waals surface area contributed by atoms with Gasteiger partial charge in [-0.25, -0.2) is 9.79 Å². The van der Waals surface area contributed by atoms with E-state index in [9.17, 15) is 9.59 Å². The quantitative estimate of drug-likeness (QED) is 0.314. The molecular formula is C32H25N3O5S. The number of nitrogens with zero attached hydrogens (tertiary/aromatic N) is 2. The molecule has 0 bridgehead atoms. The minimum Gasteiger partial charge on any atom is -0.463 e. The van der Waals surface area contributed by atoms with Crippen LogP contribution in [0.25, 0.3) is 28.2 Å². The SMILES string of the molecule is CCOC(=O)C1=C(C)N=c2sc(=Cc3c(-c4ccccc4)[nH]c4ccccc34)c(=O)n2[C@H]1c1ccc2c(c1)OCO2. The summed E-state index contributed by atoms with van der Waals surface area (Å²) in [7, 11) is 0. The first-order chi connectivity index (χ1) is 20.0. The molecule has 0 amide bonds. The van der Waals surface area contributed by atoms with Gasteiger partial charge in [0.2, 0.25) is 6.79 Å². The Morgan fingerprint density at radius 2 is 1.88 bits per heavy atom. The number of thiazole rings is 1. The second-order valence-electron chi connectivity index (χ2n) is 9.74. The summed E-state index contributed by atoms with van der Waals surface area (Å²) in [6.07, 6.45) is 1.92. The van der Waals surface area contributed by atoms with Gasteiger partial charge in [-0.15, -0.1) is 0 Å². The van der Waals surface area contributed by atoms with Gasteiger partial charge in [0.1, 0.15) is 0 Å². The van der Waals surface area contributed by atoms with Crippen LogP contribution in [0.2, 0.25) is 0 Å². The lowest BCUT2D eigenvalue weighted by molar-refractivity contribution is -0.139. The van der Waals surface area contributed by atoms with E-state index in [4.69, 9.17) is 19.2 Å². The molecule has 0 saturated heterocycles. The van der Waals surface area contributed by atoms with E-state index in [0.717, 1.165) is 27.7 Å². The number of esters is 1. The van der Waals surface area contributed by atoms with Gasteiger partial charge in [0, 0.05) is 16.5 Å². The zero-order valence-electron chi connectivity index (χ0n) is 22.3. The standard InChI is InChI=1S/C32H25N3O5S/c1-3-38-31(37)27-18(2)33-32-35(29(27)20-13-14-24-25(15-20)40-17-39-24)30(36)26(41-32)16-22-21-11-7-8-12-23(21)34-28(22)19-9-5-4-6-10-19/h4-16,29,34H,3,17H2,1-2H3/t29-/m0/s1. The van der Waals surface area contributed by atoms with Crippen molar-refractivity contribution in [1.29, 1.82) is 0 Å². The lowest BCUT2D eigenvalue weighted by Gasteiger charge is -2.24. The van der Waals surface area contributed by atoms with E-state index < -0.39 is 12.0 Å². The van der Waals surface area contributed by atoms with Crippen LogP contribution in [-0.2, 0) is 9.53 Å². The third kappa shape index (κ3) is 4.17. The highest BCUT2D eigenvalue weighted by molar-refractivity contribution is 7.07. The minimum absolute atomic E-state index is 0.121. The van der Waals surface area contributed by atoms with E-state index in [1.165, 1.54) is 11.3 Å². The van der Waals surface area contributed by atoms with Crippen molar-refractivity contribution in [2.45, 2.75) is 19.9 Å². The van der Waals surface area contributed by atoms with Gasteiger partial charge < -0.3 is 19.2 Å². The van der Waals surface area contributed by atoms with Crippen LogP contribution in [0.15, 0.2) is 93.9 Å². The van der Waals surface area contributed by atoms with Crippen molar-refractivity contribution >= 4 is 34.3 Å². The molecule has 0 fully saturated rings. The molecule has 8 nitrogen and oxygen atoms in total. The van der Waals surface area contributed by atoms with Gasteiger partial charge in [-0.05, 0) is 49.2 Å². The Kier molecular flexibility index (Phi) is 6.09. The second-order valence-corrected chi connectivity index (χ2v) is 10.7. The average Bonchev–Trinajstić information content (AvgIpc) is 3.69. The molecular weight excluding hydrogens is 538 g/mol. The number of H-pyrrole nitrogens is 1. The number of para-hydroxylation sites is 1. The number of nitrogens with one attached hydrogen (secondary N) is 1. The van der Waals surface area contributed by atoms with Crippen LogP contribution in [-0.4, -0.2) is 28.9 Å². The number of carbonyl (C=O) groups is 1. The van der Waals surface area contributed by atoms with E-state index >= 15 is 0 Å². The van der Waals surface area contributed by atoms with Gasteiger partial charge in [0.05, 0.1) is 34.1 Å². The highest BCUT2D eigenvalue weighted by Crippen LogP contribution is 2.38. The van der Waals surface area contributed by atoms with Gasteiger partial charge in [-0.2, -0.15) is 0 Å². The Bertz CT molecular complexity index is 2050. The number of hydrogen-bond donors (Lipinski definition) is 1. The fourth-order valence-corrected chi connectivity index (χ4v) is 6.50. The molecule has 7 rings (SSSR count). The number of allylic oxidation sites excluding steroid dienone is 1. The summed E-state index contributed by atoms with van der Waals surface area (Å²) >= 11 is 1.30. The zero-order valence-corrected chi connectivity index (χ0v) is 23.2. The summed E-state index contributed by atoms with van der Waals surface area (Å²) in [5, 5.41) is 1.01. The molecule has 0 radical (unpaired) electrons. The van der Waals surface area contributed by atoms with Crippen LogP contribution < -0.4 is 24.4 Å². The molecule has 41 heavy (non-hydrogen) atoms. The highest BCUT2D eigenvalue weighted by Gasteiger charge is 2.34. The summed E-state index contributed by atoms with van der Waals surface area (Å²) in [6, 6.07) is 22.8. The first-order valence-corrected chi connectivity index (χ1v) is 14.1. The Morgan fingerprint density at radius 3 is 2.71 bits per heavy atom. The van der Waals surface area contributed by atoms with E-state index in [1.54, 1.807) is 24.5 Å². The molecule has 204 valence electrons. The fourth-order valence-electron chi connectivity index (χ4n) is 5.47. The Balaban J connectivity index is 1.46. The Morgan fingerprint density at radius 1 is 1.10 bits per heavy atom. The first-order valence-electron chi connectivity index (χ1n) is 13.3. The number of fused-ring (bicyclic) bond motifs is 3. The van der Waals surface area contributed by atoms with E-state index in [1.807, 2.05) is 72.8 Å². The number of benzene rings is 3. The van der Waals surface area contributed by atoms with Crippen molar-refractivity contribution < 1.29 is 19.0 Å². The minimum atomic E-state index is -0.737. The van der Waals surface area contributed by atoms with Crippen LogP contribution in [0, 0.1) is 0 Å². The lowest BCUT2D eigenvalue weighted by Crippen LogP contribution is -2.39. The molecule has 1 atom stereocenters. The largest absolute Gasteiger partial charge is 0.463 e. The molecule has 2 aliphatic heterocycles. The van der Waals surface area contributed by atoms with Gasteiger partial charge in [-0.3, -0.25) is 9.36 Å². The molecule has 0 aliphatic carbocycles. The normalized spacial score (nSPS) is 16.1. The fraction of sp³-hybridized carbons (Fsp3) is 0.156. The molecule has 9 heteroatoms. The van der Waals surface area contributed by atoms with Crippen molar-refractivity contribution in [3.8, 4) is 22.8 Å². The van der Waals surface area contributed by atoms with Crippen molar-refractivity contribution in [2.24, 2.45) is 4.99 Å². The third-order valence-electron chi connectivity index (χ3n) is 7.31. The molecule has 1 N–H and O–H groups in total. The van der Waals surface area contributed by atoms with Gasteiger partial charge in [-0.1, -0.05) is 65.9 Å². The predicted molar refractivity (Wildman–Crippen MR) is 157 cm³/mol. The van der Waals surface area contributed by atoms with E-state index in [0.29, 0.717) is 37.7 Å². The summed E-state index contributed by atoms with van der Waals surface area (Å²) in [6.45, 7) is 3.85. The smallest absolute Gasteiger partial charge is 0.338 e.